The quantitative estimate of drug-likeness (QED) is 0.376. The number of benzene rings is 1. The molecule has 0 spiro atoms. The van der Waals surface area contributed by atoms with E-state index in [1.54, 1.807) is 18.2 Å². The highest BCUT2D eigenvalue weighted by atomic mass is 32.2. The molecule has 0 unspecified atom stereocenters. The van der Waals surface area contributed by atoms with Gasteiger partial charge in [0.25, 0.3) is 0 Å². The van der Waals surface area contributed by atoms with E-state index in [0.29, 0.717) is 31.6 Å². The topological polar surface area (TPSA) is 158 Å². The van der Waals surface area contributed by atoms with E-state index >= 15 is 0 Å². The van der Waals surface area contributed by atoms with Crippen LogP contribution in [0.4, 0.5) is 0 Å². The lowest BCUT2D eigenvalue weighted by atomic mass is 9.87. The Morgan fingerprint density at radius 3 is 2.54 bits per heavy atom. The van der Waals surface area contributed by atoms with Gasteiger partial charge in [0.1, 0.15) is 11.9 Å². The van der Waals surface area contributed by atoms with Gasteiger partial charge in [-0.25, -0.2) is 13.4 Å². The van der Waals surface area contributed by atoms with Gasteiger partial charge in [-0.15, -0.1) is 0 Å². The Morgan fingerprint density at radius 1 is 1.02 bits per heavy atom. The fourth-order valence-electron chi connectivity index (χ4n) is 8.97. The van der Waals surface area contributed by atoms with Crippen LogP contribution in [0.5, 0.6) is 11.6 Å². The van der Waals surface area contributed by atoms with Gasteiger partial charge in [-0.3, -0.25) is 23.9 Å². The molecule has 54 heavy (non-hydrogen) atoms. The average Bonchev–Trinajstić information content (AvgIpc) is 4.06. The molecule has 2 aliphatic carbocycles. The maximum absolute atomic E-state index is 14.6. The second kappa shape index (κ2) is 15.4. The lowest BCUT2D eigenvalue weighted by molar-refractivity contribution is -0.152. The third-order valence-corrected chi connectivity index (χ3v) is 14.3. The van der Waals surface area contributed by atoms with Crippen molar-refractivity contribution in [3.8, 4) is 11.6 Å². The molecule has 2 aromatic rings. The number of esters is 1. The van der Waals surface area contributed by atoms with Crippen molar-refractivity contribution in [1.82, 2.24) is 14.6 Å². The highest BCUT2D eigenvalue weighted by Gasteiger charge is 2.62. The minimum absolute atomic E-state index is 0.0894. The molecule has 2 saturated heterocycles. The van der Waals surface area contributed by atoms with E-state index in [9.17, 15) is 27.6 Å². The maximum Gasteiger partial charge on any atom is 0.306 e. The number of Topliss-reactive ketones (excluding diaryl/α,β-unsaturated/α-hetero) is 1. The van der Waals surface area contributed by atoms with Gasteiger partial charge in [0.15, 0.2) is 5.78 Å². The molecular weight excluding hydrogens is 711 g/mol. The van der Waals surface area contributed by atoms with Crippen LogP contribution in [0.3, 0.4) is 0 Å². The van der Waals surface area contributed by atoms with E-state index in [0.717, 1.165) is 79.9 Å². The van der Waals surface area contributed by atoms with Crippen LogP contribution in [0.15, 0.2) is 24.4 Å². The minimum Gasteiger partial charge on any atom is -0.496 e. The van der Waals surface area contributed by atoms with Crippen molar-refractivity contribution >= 4 is 44.4 Å². The number of fused-ring (bicyclic) bond motifs is 4. The van der Waals surface area contributed by atoms with Crippen molar-refractivity contribution in [2.75, 3.05) is 20.3 Å². The molecule has 4 heterocycles. The second-order valence-corrected chi connectivity index (χ2v) is 19.2. The molecule has 5 aliphatic rings. The first-order chi connectivity index (χ1) is 25.8. The van der Waals surface area contributed by atoms with Gasteiger partial charge in [0.05, 0.1) is 43.4 Å². The number of nitrogens with zero attached hydrogens (tertiary/aromatic N) is 2. The van der Waals surface area contributed by atoms with E-state index in [1.807, 2.05) is 18.2 Å². The van der Waals surface area contributed by atoms with E-state index in [2.05, 4.69) is 23.6 Å². The van der Waals surface area contributed by atoms with Crippen LogP contribution in [-0.4, -0.2) is 79.5 Å². The van der Waals surface area contributed by atoms with Crippen molar-refractivity contribution in [2.24, 2.45) is 22.7 Å². The highest BCUT2D eigenvalue weighted by Crippen LogP contribution is 2.59. The maximum atomic E-state index is 14.6. The summed E-state index contributed by atoms with van der Waals surface area (Å²) in [5.74, 6) is -1.27. The summed E-state index contributed by atoms with van der Waals surface area (Å²) >= 11 is 0. The van der Waals surface area contributed by atoms with E-state index in [1.165, 1.54) is 0 Å². The van der Waals surface area contributed by atoms with E-state index in [4.69, 9.17) is 14.2 Å². The van der Waals surface area contributed by atoms with Crippen LogP contribution >= 0.6 is 0 Å². The molecule has 1 aromatic carbocycles. The summed E-state index contributed by atoms with van der Waals surface area (Å²) in [6.45, 7) is 4.47. The third-order valence-electron chi connectivity index (χ3n) is 12.5. The number of cyclic esters (lactones) is 1. The molecular formula is C41H55N3O9S. The molecule has 1 aromatic heterocycles. The lowest BCUT2D eigenvalue weighted by Crippen LogP contribution is -2.46. The van der Waals surface area contributed by atoms with Gasteiger partial charge in [-0.2, -0.15) is 0 Å². The normalized spacial score (nSPS) is 29.9. The molecule has 1 N–H and O–H groups in total. The number of ketones is 1. The number of pyridine rings is 1. The first-order valence-corrected chi connectivity index (χ1v) is 21.5. The summed E-state index contributed by atoms with van der Waals surface area (Å²) in [4.78, 5) is 62.6. The van der Waals surface area contributed by atoms with E-state index in [-0.39, 0.29) is 55.4 Å². The smallest absolute Gasteiger partial charge is 0.306 e. The summed E-state index contributed by atoms with van der Waals surface area (Å²) in [6.07, 6.45) is 10.4. The lowest BCUT2D eigenvalue weighted by Gasteiger charge is -2.29. The van der Waals surface area contributed by atoms with Crippen molar-refractivity contribution in [3.05, 3.63) is 30.0 Å². The SMILES string of the molecule is COc1cc2ccnc3c2cc1CCCC(C)(C)COC(=O)C[C@H]1CCCCCCC[C@H]2C[C@@]2(C(=O)NS(=O)(=O)C2CC2)CC(=O)[C@@H]2C[C@H](CN2C1=O)O3. The van der Waals surface area contributed by atoms with Crippen molar-refractivity contribution in [2.45, 2.75) is 134 Å². The molecule has 5 bridgehead atoms. The number of rotatable bonds is 4. The standard InChI is InChI=1S/C41H55N3O9S/c1-40(2)16-9-11-27-18-32-26(19-35(27)51-3)15-17-42-37(32)53-30-21-33-34(45)23-41(39(48)43-54(49,50)31-13-14-31)22-29(41)12-8-6-4-5-7-10-28(20-36(46)52-25-40)38(47)44(33)24-30/h15,17-19,28-31,33H,4-14,16,20-25H2,1-3H3,(H,43,48)/t28-,29+,30-,33+,41-/m1/s1. The van der Waals surface area contributed by atoms with Crippen LogP contribution in [0.25, 0.3) is 10.8 Å². The molecule has 4 fully saturated rings. The van der Waals surface area contributed by atoms with Crippen LogP contribution in [0.1, 0.15) is 116 Å². The molecule has 2 amide bonds. The number of ether oxygens (including phenoxy) is 3. The van der Waals surface area contributed by atoms with Gasteiger partial charge in [0, 0.05) is 30.3 Å². The number of methoxy groups -OCH3 is 1. The predicted octanol–water partition coefficient (Wildman–Crippen LogP) is 5.82. The first kappa shape index (κ1) is 38.5. The number of carbonyl (C=O) groups is 4. The summed E-state index contributed by atoms with van der Waals surface area (Å²) in [5, 5.41) is 1.12. The highest BCUT2D eigenvalue weighted by molar-refractivity contribution is 7.90. The minimum atomic E-state index is -3.81. The number of carbonyl (C=O) groups excluding carboxylic acids is 4. The second-order valence-electron chi connectivity index (χ2n) is 17.3. The summed E-state index contributed by atoms with van der Waals surface area (Å²) < 4.78 is 46.3. The fraction of sp³-hybridized carbons (Fsp3) is 0.683. The van der Waals surface area contributed by atoms with Crippen molar-refractivity contribution < 1.29 is 41.8 Å². The number of hydrogen-bond acceptors (Lipinski definition) is 10. The van der Waals surface area contributed by atoms with Gasteiger partial charge in [-0.1, -0.05) is 46.0 Å². The number of sulfonamides is 1. The molecule has 12 nitrogen and oxygen atoms in total. The molecule has 0 radical (unpaired) electrons. The third kappa shape index (κ3) is 8.40. The van der Waals surface area contributed by atoms with Crippen molar-refractivity contribution in [1.29, 1.82) is 0 Å². The molecule has 3 aliphatic heterocycles. The summed E-state index contributed by atoms with van der Waals surface area (Å²) in [6, 6.07) is 5.00. The Bertz CT molecular complexity index is 1890. The zero-order valence-electron chi connectivity index (χ0n) is 31.9. The Kier molecular flexibility index (Phi) is 11.0. The average molecular weight is 766 g/mol. The predicted molar refractivity (Wildman–Crippen MR) is 201 cm³/mol. The molecule has 2 saturated carbocycles. The monoisotopic (exact) mass is 765 g/mol. The van der Waals surface area contributed by atoms with Crippen LogP contribution < -0.4 is 14.2 Å². The van der Waals surface area contributed by atoms with Crippen LogP contribution in [-0.2, 0) is 40.4 Å². The Morgan fingerprint density at radius 2 is 1.78 bits per heavy atom. The largest absolute Gasteiger partial charge is 0.496 e. The van der Waals surface area contributed by atoms with Gasteiger partial charge in [0.2, 0.25) is 27.7 Å². The van der Waals surface area contributed by atoms with E-state index < -0.39 is 50.6 Å². The van der Waals surface area contributed by atoms with Crippen LogP contribution in [0, 0.1) is 22.7 Å². The Balaban J connectivity index is 1.24. The van der Waals surface area contributed by atoms with Gasteiger partial charge < -0.3 is 19.1 Å². The molecule has 7 rings (SSSR count). The number of aromatic nitrogens is 1. The summed E-state index contributed by atoms with van der Waals surface area (Å²) in [7, 11) is -2.16. The number of nitrogens with one attached hydrogen (secondary N) is 1. The Hall–Kier alpha value is -3.74. The number of hydrogen-bond donors (Lipinski definition) is 1. The number of amides is 2. The number of aryl methyl sites for hydroxylation is 1. The van der Waals surface area contributed by atoms with Gasteiger partial charge >= 0.3 is 5.97 Å². The zero-order chi connectivity index (χ0) is 38.3. The summed E-state index contributed by atoms with van der Waals surface area (Å²) in [5.41, 5.74) is -0.440. The molecule has 294 valence electrons. The van der Waals surface area contributed by atoms with Gasteiger partial charge in [-0.05, 0) is 91.8 Å². The fourth-order valence-corrected chi connectivity index (χ4v) is 10.4. The van der Waals surface area contributed by atoms with Crippen LogP contribution in [0.2, 0.25) is 0 Å². The molecule has 13 heteroatoms. The zero-order valence-corrected chi connectivity index (χ0v) is 32.7. The Labute approximate surface area is 318 Å². The molecule has 5 atom stereocenters. The van der Waals surface area contributed by atoms with Crippen molar-refractivity contribution in [3.63, 3.8) is 0 Å². The first-order valence-electron chi connectivity index (χ1n) is 20.0.